The van der Waals surface area contributed by atoms with Crippen LogP contribution in [0.1, 0.15) is 38.5 Å². The van der Waals surface area contributed by atoms with Crippen molar-refractivity contribution >= 4 is 5.97 Å². The molecule has 1 aliphatic heterocycles. The van der Waals surface area contributed by atoms with E-state index in [1.165, 1.54) is 45.9 Å². The van der Waals surface area contributed by atoms with Crippen LogP contribution in [0.25, 0.3) is 0 Å². The first-order valence-electron chi connectivity index (χ1n) is 6.08. The highest BCUT2D eigenvalue weighted by molar-refractivity contribution is 5.78. The predicted molar refractivity (Wildman–Crippen MR) is 58.6 cm³/mol. The number of piperidine rings is 1. The van der Waals surface area contributed by atoms with E-state index in [2.05, 4.69) is 4.90 Å². The Bertz CT molecular complexity index is 230. The zero-order valence-electron chi connectivity index (χ0n) is 9.63. The van der Waals surface area contributed by atoms with Gasteiger partial charge in [-0.25, -0.2) is 0 Å². The number of hydrogen-bond acceptors (Lipinski definition) is 3. The number of carbonyl (C=O) groups is 1. The first kappa shape index (κ1) is 10.9. The van der Waals surface area contributed by atoms with Crippen LogP contribution in [0.5, 0.6) is 0 Å². The first-order valence-corrected chi connectivity index (χ1v) is 6.08. The third-order valence-corrected chi connectivity index (χ3v) is 3.90. The topological polar surface area (TPSA) is 29.5 Å². The van der Waals surface area contributed by atoms with Crippen LogP contribution in [-0.4, -0.2) is 37.6 Å². The number of nitrogens with zero attached hydrogens (tertiary/aromatic N) is 1. The maximum absolute atomic E-state index is 11.7. The Balaban J connectivity index is 1.92. The number of rotatable bonds is 3. The lowest BCUT2D eigenvalue weighted by atomic mass is 9.68. The fourth-order valence-corrected chi connectivity index (χ4v) is 2.79. The third kappa shape index (κ3) is 2.17. The summed E-state index contributed by atoms with van der Waals surface area (Å²) in [4.78, 5) is 14.2. The van der Waals surface area contributed by atoms with Crippen molar-refractivity contribution in [1.29, 1.82) is 0 Å². The highest BCUT2D eigenvalue weighted by atomic mass is 16.5. The SMILES string of the molecule is COC(=O)C1(CN2CCCCC2)CCC1. The van der Waals surface area contributed by atoms with Gasteiger partial charge in [0.2, 0.25) is 0 Å². The Hall–Kier alpha value is -0.570. The van der Waals surface area contributed by atoms with Crippen LogP contribution in [0.4, 0.5) is 0 Å². The van der Waals surface area contributed by atoms with Gasteiger partial charge in [0.1, 0.15) is 0 Å². The van der Waals surface area contributed by atoms with E-state index in [1.54, 1.807) is 0 Å². The van der Waals surface area contributed by atoms with Crippen LogP contribution in [0.2, 0.25) is 0 Å². The average molecular weight is 211 g/mol. The second kappa shape index (κ2) is 4.52. The van der Waals surface area contributed by atoms with E-state index in [4.69, 9.17) is 4.74 Å². The average Bonchev–Trinajstić information content (AvgIpc) is 2.24. The van der Waals surface area contributed by atoms with E-state index in [-0.39, 0.29) is 11.4 Å². The largest absolute Gasteiger partial charge is 0.469 e. The zero-order valence-corrected chi connectivity index (χ0v) is 9.63. The molecule has 0 aromatic rings. The molecule has 0 radical (unpaired) electrons. The van der Waals surface area contributed by atoms with E-state index < -0.39 is 0 Å². The quantitative estimate of drug-likeness (QED) is 0.667. The van der Waals surface area contributed by atoms with Gasteiger partial charge in [-0.3, -0.25) is 4.79 Å². The Kier molecular flexibility index (Phi) is 3.29. The van der Waals surface area contributed by atoms with Crippen LogP contribution in [0, 0.1) is 5.41 Å². The van der Waals surface area contributed by atoms with Gasteiger partial charge in [0.05, 0.1) is 12.5 Å². The summed E-state index contributed by atoms with van der Waals surface area (Å²) in [6.07, 6.45) is 7.16. The standard InChI is InChI=1S/C12H21NO2/c1-15-11(14)12(6-5-7-12)10-13-8-3-2-4-9-13/h2-10H2,1H3. The molecule has 0 bridgehead atoms. The Morgan fingerprint density at radius 3 is 2.33 bits per heavy atom. The Morgan fingerprint density at radius 2 is 1.87 bits per heavy atom. The monoisotopic (exact) mass is 211 g/mol. The third-order valence-electron chi connectivity index (χ3n) is 3.90. The van der Waals surface area contributed by atoms with Gasteiger partial charge in [-0.2, -0.15) is 0 Å². The van der Waals surface area contributed by atoms with Gasteiger partial charge in [0.25, 0.3) is 0 Å². The van der Waals surface area contributed by atoms with Gasteiger partial charge in [-0.15, -0.1) is 0 Å². The summed E-state index contributed by atoms with van der Waals surface area (Å²) in [6.45, 7) is 3.26. The fraction of sp³-hybridized carbons (Fsp3) is 0.917. The number of methoxy groups -OCH3 is 1. The molecule has 3 heteroatoms. The van der Waals surface area contributed by atoms with Crippen molar-refractivity contribution < 1.29 is 9.53 Å². The molecular formula is C12H21NO2. The molecule has 3 nitrogen and oxygen atoms in total. The van der Waals surface area contributed by atoms with Crippen molar-refractivity contribution in [2.24, 2.45) is 5.41 Å². The molecule has 0 spiro atoms. The number of esters is 1. The highest BCUT2D eigenvalue weighted by Gasteiger charge is 2.46. The van der Waals surface area contributed by atoms with Gasteiger partial charge < -0.3 is 9.64 Å². The molecule has 15 heavy (non-hydrogen) atoms. The number of hydrogen-bond donors (Lipinski definition) is 0. The molecule has 0 aromatic carbocycles. The van der Waals surface area contributed by atoms with E-state index in [9.17, 15) is 4.79 Å². The summed E-state index contributed by atoms with van der Waals surface area (Å²) in [7, 11) is 1.51. The van der Waals surface area contributed by atoms with Crippen LogP contribution in [0.3, 0.4) is 0 Å². The van der Waals surface area contributed by atoms with E-state index >= 15 is 0 Å². The molecule has 0 amide bonds. The normalized spacial score (nSPS) is 25.7. The maximum Gasteiger partial charge on any atom is 0.313 e. The highest BCUT2D eigenvalue weighted by Crippen LogP contribution is 2.42. The molecule has 1 aliphatic carbocycles. The minimum Gasteiger partial charge on any atom is -0.469 e. The van der Waals surface area contributed by atoms with Gasteiger partial charge in [-0.05, 0) is 38.8 Å². The lowest BCUT2D eigenvalue weighted by Gasteiger charge is -2.43. The molecule has 1 saturated carbocycles. The van der Waals surface area contributed by atoms with Crippen LogP contribution in [0.15, 0.2) is 0 Å². The maximum atomic E-state index is 11.7. The molecule has 86 valence electrons. The predicted octanol–water partition coefficient (Wildman–Crippen LogP) is 1.82. The summed E-state index contributed by atoms with van der Waals surface area (Å²) < 4.78 is 4.93. The summed E-state index contributed by atoms with van der Waals surface area (Å²) in [6, 6.07) is 0. The minimum absolute atomic E-state index is 0.0133. The molecule has 0 unspecified atom stereocenters. The number of carbonyl (C=O) groups excluding carboxylic acids is 1. The summed E-state index contributed by atoms with van der Waals surface area (Å²) in [5.74, 6) is 0.0133. The molecule has 1 heterocycles. The van der Waals surface area contributed by atoms with Crippen LogP contribution < -0.4 is 0 Å². The van der Waals surface area contributed by atoms with Crippen LogP contribution in [-0.2, 0) is 9.53 Å². The Morgan fingerprint density at radius 1 is 1.20 bits per heavy atom. The zero-order chi connectivity index (χ0) is 10.7. The number of likely N-dealkylation sites (tertiary alicyclic amines) is 1. The Labute approximate surface area is 91.8 Å². The molecule has 0 aromatic heterocycles. The molecule has 0 atom stereocenters. The van der Waals surface area contributed by atoms with Crippen molar-refractivity contribution in [3.05, 3.63) is 0 Å². The van der Waals surface area contributed by atoms with Crippen LogP contribution >= 0.6 is 0 Å². The molecule has 2 rings (SSSR count). The van der Waals surface area contributed by atoms with Crippen molar-refractivity contribution in [2.45, 2.75) is 38.5 Å². The van der Waals surface area contributed by atoms with Gasteiger partial charge in [-0.1, -0.05) is 12.8 Å². The van der Waals surface area contributed by atoms with E-state index in [0.717, 1.165) is 19.4 Å². The first-order chi connectivity index (χ1) is 7.27. The van der Waals surface area contributed by atoms with E-state index in [1.807, 2.05) is 0 Å². The van der Waals surface area contributed by atoms with Crippen molar-refractivity contribution in [1.82, 2.24) is 4.90 Å². The van der Waals surface area contributed by atoms with Gasteiger partial charge in [0.15, 0.2) is 0 Å². The summed E-state index contributed by atoms with van der Waals surface area (Å²) >= 11 is 0. The van der Waals surface area contributed by atoms with Gasteiger partial charge >= 0.3 is 5.97 Å². The number of ether oxygens (including phenoxy) is 1. The smallest absolute Gasteiger partial charge is 0.313 e. The van der Waals surface area contributed by atoms with Crippen molar-refractivity contribution in [3.63, 3.8) is 0 Å². The lowest BCUT2D eigenvalue weighted by Crippen LogP contribution is -2.49. The molecular weight excluding hydrogens is 190 g/mol. The molecule has 0 N–H and O–H groups in total. The molecule has 1 saturated heterocycles. The second-order valence-corrected chi connectivity index (χ2v) is 4.96. The molecule has 2 fully saturated rings. The summed E-state index contributed by atoms with van der Waals surface area (Å²) in [5.41, 5.74) is -0.147. The summed E-state index contributed by atoms with van der Waals surface area (Å²) in [5, 5.41) is 0. The van der Waals surface area contributed by atoms with Gasteiger partial charge in [0, 0.05) is 6.54 Å². The second-order valence-electron chi connectivity index (χ2n) is 4.96. The fourth-order valence-electron chi connectivity index (χ4n) is 2.79. The van der Waals surface area contributed by atoms with Crippen molar-refractivity contribution in [2.75, 3.05) is 26.7 Å². The molecule has 2 aliphatic rings. The van der Waals surface area contributed by atoms with Crippen molar-refractivity contribution in [3.8, 4) is 0 Å². The van der Waals surface area contributed by atoms with E-state index in [0.29, 0.717) is 0 Å². The minimum atomic E-state index is -0.147. The lowest BCUT2D eigenvalue weighted by molar-refractivity contribution is -0.160.